The molecule has 0 aliphatic rings. The Morgan fingerprint density at radius 3 is 2.53 bits per heavy atom. The van der Waals surface area contributed by atoms with Crippen LogP contribution in [-0.4, -0.2) is 53.6 Å². The molecule has 3 heterocycles. The molecule has 0 saturated heterocycles. The van der Waals surface area contributed by atoms with Gasteiger partial charge < -0.3 is 20.7 Å². The van der Waals surface area contributed by atoms with Gasteiger partial charge in [-0.15, -0.1) is 22.7 Å². The standard InChI is InChI=1S/C26H27N5O5S2/c1-14(2)16-10-21(24(33)27-11-15-6-4-7-18-17(15)12-29-31-18)38-22(16)25(34)30-19(26(35)36-3)13-28-23(32)20-8-5-9-37-20/h4-10,12,14,19H,11,13H2,1-3H3,(H,27,33)(H,28,32)(H,29,31)(H,30,34). The molecule has 0 aliphatic carbocycles. The van der Waals surface area contributed by atoms with Crippen molar-refractivity contribution in [2.24, 2.45) is 0 Å². The fourth-order valence-electron chi connectivity index (χ4n) is 3.82. The molecule has 4 rings (SSSR count). The highest BCUT2D eigenvalue weighted by Crippen LogP contribution is 2.29. The molecule has 10 nitrogen and oxygen atoms in total. The molecule has 3 amide bonds. The number of ether oxygens (including phenoxy) is 1. The summed E-state index contributed by atoms with van der Waals surface area (Å²) in [5.41, 5.74) is 2.47. The smallest absolute Gasteiger partial charge is 0.330 e. The molecule has 38 heavy (non-hydrogen) atoms. The van der Waals surface area contributed by atoms with Crippen LogP contribution in [-0.2, 0) is 16.1 Å². The number of nitrogens with zero attached hydrogens (tertiary/aromatic N) is 1. The Balaban J connectivity index is 1.46. The van der Waals surface area contributed by atoms with Gasteiger partial charge in [0.15, 0.2) is 0 Å². The van der Waals surface area contributed by atoms with Crippen LogP contribution in [0.2, 0.25) is 0 Å². The molecule has 1 aromatic carbocycles. The van der Waals surface area contributed by atoms with Crippen molar-refractivity contribution in [2.45, 2.75) is 32.4 Å². The van der Waals surface area contributed by atoms with Crippen LogP contribution in [0.1, 0.15) is 59.9 Å². The first kappa shape index (κ1) is 27.0. The van der Waals surface area contributed by atoms with Gasteiger partial charge >= 0.3 is 5.97 Å². The fraction of sp³-hybridized carbons (Fsp3) is 0.269. The van der Waals surface area contributed by atoms with Gasteiger partial charge in [0.2, 0.25) is 0 Å². The monoisotopic (exact) mass is 553 g/mol. The minimum Gasteiger partial charge on any atom is -0.467 e. The number of amides is 3. The fourth-order valence-corrected chi connectivity index (χ4v) is 5.59. The van der Waals surface area contributed by atoms with E-state index in [2.05, 4.69) is 26.1 Å². The normalized spacial score (nSPS) is 11.8. The van der Waals surface area contributed by atoms with E-state index in [0.717, 1.165) is 27.8 Å². The molecule has 1 atom stereocenters. The molecule has 0 fully saturated rings. The first-order valence-corrected chi connectivity index (χ1v) is 13.5. The number of benzene rings is 1. The van der Waals surface area contributed by atoms with Crippen LogP contribution < -0.4 is 16.0 Å². The molecule has 4 N–H and O–H groups in total. The molecule has 0 bridgehead atoms. The summed E-state index contributed by atoms with van der Waals surface area (Å²) in [5.74, 6) is -1.94. The molecule has 0 saturated carbocycles. The van der Waals surface area contributed by atoms with Crippen molar-refractivity contribution >= 4 is 57.3 Å². The van der Waals surface area contributed by atoms with E-state index < -0.39 is 17.9 Å². The van der Waals surface area contributed by atoms with E-state index in [1.54, 1.807) is 29.8 Å². The number of hydrogen-bond donors (Lipinski definition) is 4. The highest BCUT2D eigenvalue weighted by atomic mass is 32.1. The second kappa shape index (κ2) is 12.0. The van der Waals surface area contributed by atoms with E-state index >= 15 is 0 Å². The van der Waals surface area contributed by atoms with Crippen molar-refractivity contribution in [3.05, 3.63) is 73.7 Å². The van der Waals surface area contributed by atoms with Gasteiger partial charge in [0.05, 0.1) is 33.5 Å². The predicted octanol–water partition coefficient (Wildman–Crippen LogP) is 3.44. The zero-order chi connectivity index (χ0) is 27.2. The largest absolute Gasteiger partial charge is 0.467 e. The number of nitrogens with one attached hydrogen (secondary N) is 4. The molecule has 0 spiro atoms. The number of aromatic amines is 1. The number of methoxy groups -OCH3 is 1. The molecular formula is C26H27N5O5S2. The van der Waals surface area contributed by atoms with E-state index in [1.165, 1.54) is 18.4 Å². The Bertz CT molecular complexity index is 1460. The first-order chi connectivity index (χ1) is 18.3. The van der Waals surface area contributed by atoms with E-state index in [-0.39, 0.29) is 24.3 Å². The van der Waals surface area contributed by atoms with Crippen LogP contribution in [0.3, 0.4) is 0 Å². The van der Waals surface area contributed by atoms with Crippen LogP contribution in [0.25, 0.3) is 10.9 Å². The summed E-state index contributed by atoms with van der Waals surface area (Å²) >= 11 is 2.31. The number of thiophene rings is 2. The van der Waals surface area contributed by atoms with Gasteiger partial charge in [0.1, 0.15) is 6.04 Å². The average Bonchev–Trinajstić information content (AvgIpc) is 3.69. The quantitative estimate of drug-likeness (QED) is 0.222. The molecule has 0 aliphatic heterocycles. The maximum atomic E-state index is 13.2. The minimum absolute atomic E-state index is 0.0525. The van der Waals surface area contributed by atoms with Gasteiger partial charge in [0, 0.05) is 18.5 Å². The van der Waals surface area contributed by atoms with Crippen molar-refractivity contribution in [1.29, 1.82) is 0 Å². The van der Waals surface area contributed by atoms with Crippen molar-refractivity contribution in [2.75, 3.05) is 13.7 Å². The topological polar surface area (TPSA) is 142 Å². The highest BCUT2D eigenvalue weighted by molar-refractivity contribution is 7.16. The minimum atomic E-state index is -1.11. The summed E-state index contributed by atoms with van der Waals surface area (Å²) in [5, 5.41) is 17.8. The molecule has 1 unspecified atom stereocenters. The number of H-pyrrole nitrogens is 1. The third kappa shape index (κ3) is 6.09. The summed E-state index contributed by atoms with van der Waals surface area (Å²) in [6.07, 6.45) is 1.71. The summed E-state index contributed by atoms with van der Waals surface area (Å²) < 4.78 is 4.82. The molecular weight excluding hydrogens is 526 g/mol. The van der Waals surface area contributed by atoms with E-state index in [1.807, 2.05) is 32.0 Å². The maximum absolute atomic E-state index is 13.2. The third-order valence-electron chi connectivity index (χ3n) is 5.83. The van der Waals surface area contributed by atoms with Crippen LogP contribution in [0, 0.1) is 0 Å². The molecule has 4 aromatic rings. The lowest BCUT2D eigenvalue weighted by molar-refractivity contribution is -0.142. The predicted molar refractivity (Wildman–Crippen MR) is 146 cm³/mol. The molecule has 198 valence electrons. The number of hydrogen-bond acceptors (Lipinski definition) is 8. The molecule has 12 heteroatoms. The lowest BCUT2D eigenvalue weighted by Crippen LogP contribution is -2.48. The number of rotatable bonds is 10. The summed E-state index contributed by atoms with van der Waals surface area (Å²) in [6.45, 7) is 3.98. The highest BCUT2D eigenvalue weighted by Gasteiger charge is 2.27. The van der Waals surface area contributed by atoms with Crippen LogP contribution in [0.5, 0.6) is 0 Å². The molecule has 3 aromatic heterocycles. The zero-order valence-electron chi connectivity index (χ0n) is 21.0. The number of aromatic nitrogens is 2. The SMILES string of the molecule is COC(=O)C(CNC(=O)c1cccs1)NC(=O)c1sc(C(=O)NCc2cccc3[nH]ncc23)cc1C(C)C. The van der Waals surface area contributed by atoms with Crippen molar-refractivity contribution in [1.82, 2.24) is 26.1 Å². The second-order valence-electron chi connectivity index (χ2n) is 8.72. The van der Waals surface area contributed by atoms with Gasteiger partial charge in [-0.1, -0.05) is 32.0 Å². The summed E-state index contributed by atoms with van der Waals surface area (Å²) in [7, 11) is 1.21. The van der Waals surface area contributed by atoms with E-state index in [9.17, 15) is 19.2 Å². The van der Waals surface area contributed by atoms with Crippen LogP contribution >= 0.6 is 22.7 Å². The van der Waals surface area contributed by atoms with E-state index in [4.69, 9.17) is 4.74 Å². The third-order valence-corrected chi connectivity index (χ3v) is 7.85. The van der Waals surface area contributed by atoms with Crippen LogP contribution in [0.15, 0.2) is 48.0 Å². The zero-order valence-corrected chi connectivity index (χ0v) is 22.6. The van der Waals surface area contributed by atoms with Gasteiger partial charge in [-0.05, 0) is 40.6 Å². The van der Waals surface area contributed by atoms with Crippen molar-refractivity contribution in [3.8, 4) is 0 Å². The Morgan fingerprint density at radius 2 is 1.82 bits per heavy atom. The van der Waals surface area contributed by atoms with Crippen LogP contribution in [0.4, 0.5) is 0 Å². The van der Waals surface area contributed by atoms with Crippen molar-refractivity contribution in [3.63, 3.8) is 0 Å². The second-order valence-corrected chi connectivity index (χ2v) is 10.7. The lowest BCUT2D eigenvalue weighted by atomic mass is 10.0. The maximum Gasteiger partial charge on any atom is 0.330 e. The first-order valence-electron chi connectivity index (χ1n) is 11.8. The van der Waals surface area contributed by atoms with Gasteiger partial charge in [-0.2, -0.15) is 5.10 Å². The van der Waals surface area contributed by atoms with Gasteiger partial charge in [-0.25, -0.2) is 4.79 Å². The van der Waals surface area contributed by atoms with Gasteiger partial charge in [-0.3, -0.25) is 19.5 Å². The molecule has 0 radical (unpaired) electrons. The Morgan fingerprint density at radius 1 is 1.03 bits per heavy atom. The van der Waals surface area contributed by atoms with Crippen molar-refractivity contribution < 1.29 is 23.9 Å². The Labute approximate surface area is 226 Å². The number of esters is 1. The average molecular weight is 554 g/mol. The lowest BCUT2D eigenvalue weighted by Gasteiger charge is -2.17. The summed E-state index contributed by atoms with van der Waals surface area (Å²) in [4.78, 5) is 52.1. The Kier molecular flexibility index (Phi) is 8.54. The Hall–Kier alpha value is -4.03. The number of fused-ring (bicyclic) bond motifs is 1. The van der Waals surface area contributed by atoms with E-state index in [0.29, 0.717) is 26.7 Å². The summed E-state index contributed by atoms with van der Waals surface area (Å²) in [6, 6.07) is 9.70. The number of carbonyl (C=O) groups is 4. The van der Waals surface area contributed by atoms with Gasteiger partial charge in [0.25, 0.3) is 17.7 Å². The number of carbonyl (C=O) groups excluding carboxylic acids is 4.